The summed E-state index contributed by atoms with van der Waals surface area (Å²) in [6, 6.07) is 6.29. The van der Waals surface area contributed by atoms with Gasteiger partial charge in [0.25, 0.3) is 0 Å². The number of aliphatic imine (C=N–C) groups is 1. The van der Waals surface area contributed by atoms with E-state index in [1.165, 1.54) is 0 Å². The third kappa shape index (κ3) is 10.6. The Kier molecular flexibility index (Phi) is 14.3. The van der Waals surface area contributed by atoms with Gasteiger partial charge in [-0.3, -0.25) is 4.79 Å². The maximum Gasteiger partial charge on any atom is 0.243 e. The molecule has 0 fully saturated rings. The van der Waals surface area contributed by atoms with Gasteiger partial charge in [0.15, 0.2) is 17.5 Å². The molecule has 166 valence electrons. The van der Waals surface area contributed by atoms with Crippen LogP contribution in [0.2, 0.25) is 0 Å². The Balaban J connectivity index is 0.00000784. The quantitative estimate of drug-likeness (QED) is 0.267. The van der Waals surface area contributed by atoms with Crippen LogP contribution in [0.15, 0.2) is 23.2 Å². The van der Waals surface area contributed by atoms with Gasteiger partial charge in [-0.25, -0.2) is 4.99 Å². The van der Waals surface area contributed by atoms with E-state index in [0.29, 0.717) is 25.7 Å². The molecule has 7 nitrogen and oxygen atoms in total. The number of amides is 1. The molecule has 0 heterocycles. The van der Waals surface area contributed by atoms with Crippen LogP contribution in [0.25, 0.3) is 0 Å². The van der Waals surface area contributed by atoms with Crippen molar-refractivity contribution < 1.29 is 14.3 Å². The summed E-state index contributed by atoms with van der Waals surface area (Å²) in [6.07, 6.45) is 1.77. The minimum absolute atomic E-state index is 0. The van der Waals surface area contributed by atoms with E-state index in [4.69, 9.17) is 9.47 Å². The molecule has 0 saturated heterocycles. The van der Waals surface area contributed by atoms with Gasteiger partial charge in [0, 0.05) is 26.7 Å². The molecule has 0 aliphatic carbocycles. The zero-order valence-corrected chi connectivity index (χ0v) is 20.9. The number of carbonyl (C=O) groups is 1. The van der Waals surface area contributed by atoms with Crippen LogP contribution in [0.3, 0.4) is 0 Å². The fraction of sp³-hybridized carbons (Fsp3) is 0.619. The van der Waals surface area contributed by atoms with Gasteiger partial charge >= 0.3 is 0 Å². The second-order valence-electron chi connectivity index (χ2n) is 6.73. The summed E-state index contributed by atoms with van der Waals surface area (Å²) in [4.78, 5) is 17.8. The summed E-state index contributed by atoms with van der Waals surface area (Å²) in [5, 5.41) is 6.64. The standard InChI is InChI=1S/C21H36N4O3.HI/c1-7-16(4)24-21(23-15-20(26)25(5)6)22-13-12-17-10-11-18(27-8-2)19(14-17)28-9-3;/h10-11,14,16H,7-9,12-13,15H2,1-6H3,(H2,22,23,24);1H. The first-order chi connectivity index (χ1) is 13.4. The molecule has 2 N–H and O–H groups in total. The van der Waals surface area contributed by atoms with Gasteiger partial charge < -0.3 is 25.0 Å². The number of carbonyl (C=O) groups excluding carboxylic acids is 1. The number of hydrogen-bond donors (Lipinski definition) is 2. The number of likely N-dealkylation sites (N-methyl/N-ethyl adjacent to an activating group) is 1. The monoisotopic (exact) mass is 520 g/mol. The van der Waals surface area contributed by atoms with Crippen molar-refractivity contribution in [2.24, 2.45) is 4.99 Å². The fourth-order valence-corrected chi connectivity index (χ4v) is 2.35. The molecule has 0 spiro atoms. The molecule has 1 unspecified atom stereocenters. The number of ether oxygens (including phenoxy) is 2. The van der Waals surface area contributed by atoms with Crippen LogP contribution in [0.5, 0.6) is 11.5 Å². The highest BCUT2D eigenvalue weighted by molar-refractivity contribution is 14.0. The van der Waals surface area contributed by atoms with E-state index in [0.717, 1.165) is 29.9 Å². The molecule has 0 radical (unpaired) electrons. The van der Waals surface area contributed by atoms with Crippen molar-refractivity contribution in [2.45, 2.75) is 46.6 Å². The lowest BCUT2D eigenvalue weighted by atomic mass is 10.1. The first kappa shape index (κ1) is 27.3. The van der Waals surface area contributed by atoms with Crippen molar-refractivity contribution in [1.82, 2.24) is 15.5 Å². The van der Waals surface area contributed by atoms with Gasteiger partial charge in [-0.05, 0) is 51.3 Å². The van der Waals surface area contributed by atoms with E-state index in [9.17, 15) is 4.79 Å². The van der Waals surface area contributed by atoms with E-state index in [1.807, 2.05) is 32.0 Å². The molecule has 1 atom stereocenters. The minimum Gasteiger partial charge on any atom is -0.490 e. The van der Waals surface area contributed by atoms with Gasteiger partial charge in [0.05, 0.1) is 13.2 Å². The number of rotatable bonds is 11. The van der Waals surface area contributed by atoms with E-state index >= 15 is 0 Å². The van der Waals surface area contributed by atoms with Crippen molar-refractivity contribution >= 4 is 35.8 Å². The molecule has 0 aliphatic rings. The number of hydrogen-bond acceptors (Lipinski definition) is 4. The van der Waals surface area contributed by atoms with Crippen LogP contribution in [0.1, 0.15) is 39.7 Å². The Morgan fingerprint density at radius 3 is 2.38 bits per heavy atom. The molecule has 1 amide bonds. The van der Waals surface area contributed by atoms with Crippen molar-refractivity contribution in [3.8, 4) is 11.5 Å². The topological polar surface area (TPSA) is 75.2 Å². The Hall–Kier alpha value is -1.71. The van der Waals surface area contributed by atoms with Crippen LogP contribution >= 0.6 is 24.0 Å². The molecule has 0 bridgehead atoms. The molecule has 29 heavy (non-hydrogen) atoms. The molecule has 0 saturated carbocycles. The Bertz CT molecular complexity index is 638. The van der Waals surface area contributed by atoms with Gasteiger partial charge in [-0.15, -0.1) is 24.0 Å². The maximum atomic E-state index is 11.8. The van der Waals surface area contributed by atoms with Crippen molar-refractivity contribution in [3.05, 3.63) is 23.8 Å². The SMILES string of the molecule is CCOc1ccc(CCNC(=NCC(=O)N(C)C)NC(C)CC)cc1OCC.I. The lowest BCUT2D eigenvalue weighted by Crippen LogP contribution is -2.43. The largest absolute Gasteiger partial charge is 0.490 e. The first-order valence-electron chi connectivity index (χ1n) is 10.0. The molecular formula is C21H37IN4O3. The molecular weight excluding hydrogens is 483 g/mol. The highest BCUT2D eigenvalue weighted by Crippen LogP contribution is 2.28. The highest BCUT2D eigenvalue weighted by atomic mass is 127. The van der Waals surface area contributed by atoms with Crippen LogP contribution < -0.4 is 20.1 Å². The summed E-state index contributed by atoms with van der Waals surface area (Å²) in [7, 11) is 3.46. The van der Waals surface area contributed by atoms with Crippen molar-refractivity contribution in [1.29, 1.82) is 0 Å². The molecule has 0 aliphatic heterocycles. The lowest BCUT2D eigenvalue weighted by molar-refractivity contribution is -0.127. The number of halogens is 1. The number of guanidine groups is 1. The summed E-state index contributed by atoms with van der Waals surface area (Å²) in [6.45, 7) is 10.1. The highest BCUT2D eigenvalue weighted by Gasteiger charge is 2.09. The average Bonchev–Trinajstić information content (AvgIpc) is 2.67. The summed E-state index contributed by atoms with van der Waals surface area (Å²) in [5.74, 6) is 2.16. The predicted octanol–water partition coefficient (Wildman–Crippen LogP) is 3.07. The van der Waals surface area contributed by atoms with Gasteiger partial charge in [-0.1, -0.05) is 13.0 Å². The first-order valence-corrected chi connectivity index (χ1v) is 10.0. The smallest absolute Gasteiger partial charge is 0.243 e. The van der Waals surface area contributed by atoms with E-state index in [-0.39, 0.29) is 42.5 Å². The Morgan fingerprint density at radius 2 is 1.79 bits per heavy atom. The van der Waals surface area contributed by atoms with Crippen LogP contribution in [-0.4, -0.2) is 63.2 Å². The number of nitrogens with zero attached hydrogens (tertiary/aromatic N) is 2. The molecule has 0 aromatic heterocycles. The number of nitrogens with one attached hydrogen (secondary N) is 2. The van der Waals surface area contributed by atoms with E-state index in [1.54, 1.807) is 19.0 Å². The third-order valence-corrected chi connectivity index (χ3v) is 4.18. The van der Waals surface area contributed by atoms with E-state index < -0.39 is 0 Å². The second-order valence-corrected chi connectivity index (χ2v) is 6.73. The number of benzene rings is 1. The molecule has 1 rings (SSSR count). The average molecular weight is 520 g/mol. The Labute approximate surface area is 192 Å². The third-order valence-electron chi connectivity index (χ3n) is 4.18. The molecule has 8 heteroatoms. The van der Waals surface area contributed by atoms with Crippen molar-refractivity contribution in [2.75, 3.05) is 40.4 Å². The normalized spacial score (nSPS) is 11.9. The van der Waals surface area contributed by atoms with Crippen molar-refractivity contribution in [3.63, 3.8) is 0 Å². The summed E-state index contributed by atoms with van der Waals surface area (Å²) < 4.78 is 11.3. The predicted molar refractivity (Wildman–Crippen MR) is 130 cm³/mol. The summed E-state index contributed by atoms with van der Waals surface area (Å²) >= 11 is 0. The zero-order valence-electron chi connectivity index (χ0n) is 18.6. The minimum atomic E-state index is -0.0295. The molecule has 1 aromatic carbocycles. The van der Waals surface area contributed by atoms with Gasteiger partial charge in [-0.2, -0.15) is 0 Å². The van der Waals surface area contributed by atoms with Crippen LogP contribution in [-0.2, 0) is 11.2 Å². The van der Waals surface area contributed by atoms with Crippen LogP contribution in [0, 0.1) is 0 Å². The van der Waals surface area contributed by atoms with Gasteiger partial charge in [0.1, 0.15) is 6.54 Å². The zero-order chi connectivity index (χ0) is 20.9. The fourth-order valence-electron chi connectivity index (χ4n) is 2.35. The Morgan fingerprint density at radius 1 is 1.14 bits per heavy atom. The van der Waals surface area contributed by atoms with E-state index in [2.05, 4.69) is 29.5 Å². The maximum absolute atomic E-state index is 11.8. The summed E-state index contributed by atoms with van der Waals surface area (Å²) in [5.41, 5.74) is 1.15. The van der Waals surface area contributed by atoms with Gasteiger partial charge in [0.2, 0.25) is 5.91 Å². The second kappa shape index (κ2) is 15.2. The lowest BCUT2D eigenvalue weighted by Gasteiger charge is -2.18. The van der Waals surface area contributed by atoms with Crippen LogP contribution in [0.4, 0.5) is 0 Å². The molecule has 1 aromatic rings.